The smallest absolute Gasteiger partial charge is 0.332 e. The third kappa shape index (κ3) is 3.16. The molecular weight excluding hydrogens is 388 g/mol. The summed E-state index contributed by atoms with van der Waals surface area (Å²) >= 11 is 1.67. The number of hydrogen-bond acceptors (Lipinski definition) is 6. The normalized spacial score (nSPS) is 23.3. The van der Waals surface area contributed by atoms with Gasteiger partial charge in [0.05, 0.1) is 5.56 Å². The van der Waals surface area contributed by atoms with Gasteiger partial charge in [0.1, 0.15) is 0 Å². The number of rotatable bonds is 5. The number of carboxylic acids is 1. The number of aliphatic carboxylic acids is 1. The maximum absolute atomic E-state index is 13.4. The predicted molar refractivity (Wildman–Crippen MR) is 108 cm³/mol. The molecule has 2 aromatic heterocycles. The molecule has 0 atom stereocenters. The highest BCUT2D eigenvalue weighted by molar-refractivity contribution is 7.12. The average Bonchev–Trinajstić information content (AvgIpc) is 3.30. The molecule has 7 heteroatoms. The lowest BCUT2D eigenvalue weighted by atomic mass is 9.65. The van der Waals surface area contributed by atoms with Crippen molar-refractivity contribution in [2.75, 3.05) is 0 Å². The largest absolute Gasteiger partial charge is 0.478 e. The number of Topliss-reactive ketones (excluding diaryl/α,β-unsaturated/α-hetero) is 1. The number of allylic oxidation sites excluding steroid dienone is 1. The Labute approximate surface area is 173 Å². The lowest BCUT2D eigenvalue weighted by Gasteiger charge is -2.38. The Balaban J connectivity index is 1.55. The van der Waals surface area contributed by atoms with Gasteiger partial charge in [-0.1, -0.05) is 5.16 Å². The lowest BCUT2D eigenvalue weighted by Crippen LogP contribution is -2.34. The van der Waals surface area contributed by atoms with E-state index in [1.54, 1.807) is 18.3 Å². The molecule has 2 heterocycles. The predicted octanol–water partition coefficient (Wildman–Crippen LogP) is 4.30. The summed E-state index contributed by atoms with van der Waals surface area (Å²) in [5, 5.41) is 13.7. The van der Waals surface area contributed by atoms with Crippen LogP contribution in [0.2, 0.25) is 0 Å². The molecule has 0 spiro atoms. The van der Waals surface area contributed by atoms with Gasteiger partial charge >= 0.3 is 5.97 Å². The van der Waals surface area contributed by atoms with Crippen LogP contribution in [-0.4, -0.2) is 27.0 Å². The Morgan fingerprint density at radius 3 is 2.45 bits per heavy atom. The molecule has 2 aromatic rings. The van der Waals surface area contributed by atoms with Crippen LogP contribution in [0.1, 0.15) is 59.7 Å². The van der Waals surface area contributed by atoms with Crippen molar-refractivity contribution in [2.45, 2.75) is 64.7 Å². The summed E-state index contributed by atoms with van der Waals surface area (Å²) in [6.45, 7) is 1.79. The van der Waals surface area contributed by atoms with Crippen LogP contribution in [0.5, 0.6) is 0 Å². The number of nitrogens with zero attached hydrogens (tertiary/aromatic N) is 2. The summed E-state index contributed by atoms with van der Waals surface area (Å²) in [4.78, 5) is 32.0. The summed E-state index contributed by atoms with van der Waals surface area (Å²) in [5.74, 6) is 0.248. The number of ketones is 1. The molecule has 4 aliphatic carbocycles. The molecule has 0 saturated heterocycles. The first kappa shape index (κ1) is 18.7. The zero-order valence-electron chi connectivity index (χ0n) is 16.5. The van der Waals surface area contributed by atoms with E-state index in [1.165, 1.54) is 10.4 Å². The van der Waals surface area contributed by atoms with Crippen LogP contribution in [-0.2, 0) is 28.9 Å². The van der Waals surface area contributed by atoms with E-state index in [1.807, 2.05) is 0 Å². The minimum Gasteiger partial charge on any atom is -0.478 e. The molecule has 4 aliphatic rings. The van der Waals surface area contributed by atoms with Crippen LogP contribution in [0.25, 0.3) is 11.5 Å². The fourth-order valence-corrected chi connectivity index (χ4v) is 6.80. The fourth-order valence-electron chi connectivity index (χ4n) is 5.41. The second-order valence-corrected chi connectivity index (χ2v) is 9.63. The molecular formula is C22H24N2O4S. The summed E-state index contributed by atoms with van der Waals surface area (Å²) in [6.07, 6.45) is 8.12. The summed E-state index contributed by atoms with van der Waals surface area (Å²) in [7, 11) is 0. The molecule has 1 saturated carbocycles. The van der Waals surface area contributed by atoms with E-state index >= 15 is 0 Å². The summed E-state index contributed by atoms with van der Waals surface area (Å²) in [6, 6.07) is 0. The maximum Gasteiger partial charge on any atom is 0.332 e. The van der Waals surface area contributed by atoms with Crippen molar-refractivity contribution in [3.8, 4) is 11.5 Å². The zero-order valence-corrected chi connectivity index (χ0v) is 17.3. The van der Waals surface area contributed by atoms with Crippen LogP contribution in [0.15, 0.2) is 15.7 Å². The number of thiophene rings is 1. The standard InChI is InChI=1S/C22H24N2O4S/c1-11-23-21(28-24-11)20-14-4-2-3-5-16(14)29-17(20)10-15(25)18-12-6-8-13(9-7-12)19(18)22(26)27/h12-13H,2-10H2,1H3,(H,26,27). The maximum atomic E-state index is 13.4. The van der Waals surface area contributed by atoms with E-state index < -0.39 is 5.97 Å². The monoisotopic (exact) mass is 412 g/mol. The van der Waals surface area contributed by atoms with Gasteiger partial charge in [0.2, 0.25) is 0 Å². The van der Waals surface area contributed by atoms with Gasteiger partial charge in [-0.3, -0.25) is 4.79 Å². The highest BCUT2D eigenvalue weighted by Gasteiger charge is 2.41. The zero-order chi connectivity index (χ0) is 20.1. The van der Waals surface area contributed by atoms with Gasteiger partial charge in [-0.15, -0.1) is 11.3 Å². The Kier molecular flexibility index (Phi) is 4.65. The molecule has 6 rings (SSSR count). The number of carbonyl (C=O) groups excluding carboxylic acids is 1. The van der Waals surface area contributed by atoms with Gasteiger partial charge in [-0.25, -0.2) is 4.79 Å². The molecule has 2 bridgehead atoms. The van der Waals surface area contributed by atoms with Crippen molar-refractivity contribution >= 4 is 23.1 Å². The van der Waals surface area contributed by atoms with Crippen molar-refractivity contribution in [3.05, 3.63) is 32.3 Å². The van der Waals surface area contributed by atoms with Crippen molar-refractivity contribution < 1.29 is 19.2 Å². The Bertz CT molecular complexity index is 1020. The van der Waals surface area contributed by atoms with Crippen LogP contribution in [0.4, 0.5) is 0 Å². The summed E-state index contributed by atoms with van der Waals surface area (Å²) < 4.78 is 5.48. The second kappa shape index (κ2) is 7.20. The van der Waals surface area contributed by atoms with Gasteiger partial charge in [-0.05, 0) is 75.7 Å². The average molecular weight is 413 g/mol. The molecule has 6 nitrogen and oxygen atoms in total. The third-order valence-corrected chi connectivity index (χ3v) is 7.96. The summed E-state index contributed by atoms with van der Waals surface area (Å²) in [5.41, 5.74) is 3.13. The van der Waals surface area contributed by atoms with Crippen LogP contribution >= 0.6 is 11.3 Å². The van der Waals surface area contributed by atoms with Gasteiger partial charge in [0.15, 0.2) is 11.6 Å². The Morgan fingerprint density at radius 1 is 1.10 bits per heavy atom. The lowest BCUT2D eigenvalue weighted by molar-refractivity contribution is -0.134. The number of hydrogen-bond donors (Lipinski definition) is 1. The first-order valence-corrected chi connectivity index (χ1v) is 11.3. The van der Waals surface area contributed by atoms with Gasteiger partial charge < -0.3 is 9.63 Å². The number of aromatic nitrogens is 2. The van der Waals surface area contributed by atoms with Crippen molar-refractivity contribution in [3.63, 3.8) is 0 Å². The second-order valence-electron chi connectivity index (χ2n) is 8.44. The first-order chi connectivity index (χ1) is 14.0. The van der Waals surface area contributed by atoms with Crippen molar-refractivity contribution in [2.24, 2.45) is 11.8 Å². The fraction of sp³-hybridized carbons (Fsp3) is 0.545. The number of aryl methyl sites for hydroxylation is 2. The van der Waals surface area contributed by atoms with Crippen LogP contribution in [0, 0.1) is 18.8 Å². The molecule has 1 fully saturated rings. The van der Waals surface area contributed by atoms with Gasteiger partial charge in [0.25, 0.3) is 5.89 Å². The van der Waals surface area contributed by atoms with E-state index in [-0.39, 0.29) is 24.0 Å². The van der Waals surface area contributed by atoms with E-state index in [2.05, 4.69) is 10.1 Å². The molecule has 0 radical (unpaired) electrons. The third-order valence-electron chi connectivity index (χ3n) is 6.67. The minimum atomic E-state index is -0.916. The van der Waals surface area contributed by atoms with Crippen LogP contribution < -0.4 is 0 Å². The Morgan fingerprint density at radius 2 is 1.79 bits per heavy atom. The van der Waals surface area contributed by atoms with E-state index in [0.717, 1.165) is 61.8 Å². The minimum absolute atomic E-state index is 0.0334. The molecule has 0 unspecified atom stereocenters. The van der Waals surface area contributed by atoms with E-state index in [9.17, 15) is 14.7 Å². The highest BCUT2D eigenvalue weighted by Crippen LogP contribution is 2.47. The van der Waals surface area contributed by atoms with Gasteiger partial charge in [0, 0.05) is 27.3 Å². The van der Waals surface area contributed by atoms with E-state index in [0.29, 0.717) is 22.9 Å². The van der Waals surface area contributed by atoms with Crippen molar-refractivity contribution in [1.29, 1.82) is 0 Å². The molecule has 1 N–H and O–H groups in total. The van der Waals surface area contributed by atoms with E-state index in [4.69, 9.17) is 4.52 Å². The molecule has 0 amide bonds. The van der Waals surface area contributed by atoms with Crippen molar-refractivity contribution in [1.82, 2.24) is 10.1 Å². The number of carbonyl (C=O) groups is 2. The molecule has 152 valence electrons. The highest BCUT2D eigenvalue weighted by atomic mass is 32.1. The quantitative estimate of drug-likeness (QED) is 0.787. The van der Waals surface area contributed by atoms with Crippen LogP contribution in [0.3, 0.4) is 0 Å². The topological polar surface area (TPSA) is 93.3 Å². The number of carboxylic acid groups (broad SMARTS) is 1. The Hall–Kier alpha value is -2.28. The SMILES string of the molecule is Cc1noc(-c2c(CC(=O)C3=C(C(=O)O)C4CCC3CC4)sc3c2CCCC3)n1. The number of fused-ring (bicyclic) bond motifs is 3. The first-order valence-electron chi connectivity index (χ1n) is 10.5. The van der Waals surface area contributed by atoms with Gasteiger partial charge in [-0.2, -0.15) is 4.98 Å². The molecule has 0 aliphatic heterocycles. The molecule has 29 heavy (non-hydrogen) atoms. The molecule has 0 aromatic carbocycles.